The largest absolute Gasteiger partial charge is 0.416 e. The Bertz CT molecular complexity index is 1040. The summed E-state index contributed by atoms with van der Waals surface area (Å²) in [6.45, 7) is -0.407. The molecule has 0 radical (unpaired) electrons. The Morgan fingerprint density at radius 1 is 1.16 bits per heavy atom. The molecule has 0 bridgehead atoms. The molecule has 1 atom stereocenters. The number of para-hydroxylation sites is 1. The molecule has 0 saturated carbocycles. The molecule has 0 spiro atoms. The Morgan fingerprint density at radius 3 is 2.41 bits per heavy atom. The van der Waals surface area contributed by atoms with Crippen LogP contribution in [-0.4, -0.2) is 42.8 Å². The minimum Gasteiger partial charge on any atom is -0.336 e. The van der Waals surface area contributed by atoms with Crippen molar-refractivity contribution in [1.29, 1.82) is 0 Å². The smallest absolute Gasteiger partial charge is 0.336 e. The number of halogens is 5. The fourth-order valence-electron chi connectivity index (χ4n) is 3.37. The zero-order valence-electron chi connectivity index (χ0n) is 16.7. The van der Waals surface area contributed by atoms with Crippen molar-refractivity contribution in [2.45, 2.75) is 12.6 Å². The van der Waals surface area contributed by atoms with Crippen LogP contribution < -0.4 is 10.2 Å². The van der Waals surface area contributed by atoms with Crippen LogP contribution in [0.3, 0.4) is 0 Å². The van der Waals surface area contributed by atoms with Crippen molar-refractivity contribution in [3.63, 3.8) is 0 Å². The summed E-state index contributed by atoms with van der Waals surface area (Å²) in [4.78, 5) is 39.7. The van der Waals surface area contributed by atoms with Gasteiger partial charge in [-0.3, -0.25) is 14.4 Å². The van der Waals surface area contributed by atoms with Gasteiger partial charge < -0.3 is 15.1 Å². The molecule has 1 aliphatic heterocycles. The number of likely N-dealkylation sites (N-methyl/N-ethyl adjacent to an activating group) is 1. The molecular formula is C21H18Cl2F3N3O3. The summed E-state index contributed by atoms with van der Waals surface area (Å²) in [7, 11) is 1.40. The Hall–Kier alpha value is -2.78. The lowest BCUT2D eigenvalue weighted by molar-refractivity contribution is -0.137. The molecule has 6 nitrogen and oxygen atoms in total. The number of nitrogens with zero attached hydrogens (tertiary/aromatic N) is 2. The van der Waals surface area contributed by atoms with Crippen LogP contribution in [0.5, 0.6) is 0 Å². The van der Waals surface area contributed by atoms with Gasteiger partial charge in [0.2, 0.25) is 17.7 Å². The van der Waals surface area contributed by atoms with E-state index < -0.39 is 35.4 Å². The summed E-state index contributed by atoms with van der Waals surface area (Å²) >= 11 is 12.0. The van der Waals surface area contributed by atoms with E-state index in [9.17, 15) is 27.6 Å². The van der Waals surface area contributed by atoms with Crippen LogP contribution >= 0.6 is 23.2 Å². The van der Waals surface area contributed by atoms with E-state index in [2.05, 4.69) is 5.32 Å². The highest BCUT2D eigenvalue weighted by Gasteiger charge is 2.38. The van der Waals surface area contributed by atoms with E-state index in [1.807, 2.05) is 0 Å². The number of carbonyl (C=O) groups excluding carboxylic acids is 3. The molecule has 1 aliphatic rings. The van der Waals surface area contributed by atoms with E-state index in [4.69, 9.17) is 23.2 Å². The van der Waals surface area contributed by atoms with Crippen molar-refractivity contribution < 1.29 is 27.6 Å². The van der Waals surface area contributed by atoms with E-state index in [-0.39, 0.29) is 40.9 Å². The highest BCUT2D eigenvalue weighted by Crippen LogP contribution is 2.34. The molecule has 0 aliphatic carbocycles. The monoisotopic (exact) mass is 487 g/mol. The summed E-state index contributed by atoms with van der Waals surface area (Å²) in [6.07, 6.45) is -4.72. The van der Waals surface area contributed by atoms with Crippen LogP contribution in [0.4, 0.5) is 24.5 Å². The van der Waals surface area contributed by atoms with Crippen LogP contribution in [-0.2, 0) is 20.6 Å². The van der Waals surface area contributed by atoms with Gasteiger partial charge in [-0.05, 0) is 30.3 Å². The van der Waals surface area contributed by atoms with Gasteiger partial charge in [0, 0.05) is 25.7 Å². The molecule has 1 heterocycles. The minimum absolute atomic E-state index is 0.0638. The standard InChI is InChI=1S/C21H18Cl2F3N3O3/c1-28(11-17(30)27-19-15(22)6-3-7-16(19)23)20(32)12-8-18(31)29(10-12)14-5-2-4-13(9-14)21(24,25)26/h2-7,9,12H,8,10-11H2,1H3,(H,27,30). The van der Waals surface area contributed by atoms with Crippen molar-refractivity contribution in [3.8, 4) is 0 Å². The van der Waals surface area contributed by atoms with Gasteiger partial charge in [-0.15, -0.1) is 0 Å². The molecule has 170 valence electrons. The third-order valence-corrected chi connectivity index (χ3v) is 5.57. The van der Waals surface area contributed by atoms with Gasteiger partial charge in [-0.2, -0.15) is 13.2 Å². The van der Waals surface area contributed by atoms with E-state index >= 15 is 0 Å². The number of alkyl halides is 3. The van der Waals surface area contributed by atoms with Gasteiger partial charge in [0.25, 0.3) is 0 Å². The van der Waals surface area contributed by atoms with Gasteiger partial charge in [-0.25, -0.2) is 0 Å². The maximum Gasteiger partial charge on any atom is 0.416 e. The molecule has 3 rings (SSSR count). The number of hydrogen-bond acceptors (Lipinski definition) is 3. The van der Waals surface area contributed by atoms with E-state index in [0.29, 0.717) is 0 Å². The third-order valence-electron chi connectivity index (χ3n) is 4.94. The Balaban J connectivity index is 1.64. The van der Waals surface area contributed by atoms with Gasteiger partial charge in [0.15, 0.2) is 0 Å². The zero-order chi connectivity index (χ0) is 23.6. The number of amides is 3. The Kier molecular flexibility index (Phi) is 7.00. The maximum absolute atomic E-state index is 13.0. The van der Waals surface area contributed by atoms with Crippen molar-refractivity contribution in [2.75, 3.05) is 30.4 Å². The lowest BCUT2D eigenvalue weighted by Crippen LogP contribution is -2.39. The zero-order valence-corrected chi connectivity index (χ0v) is 18.3. The van der Waals surface area contributed by atoms with E-state index in [0.717, 1.165) is 21.9 Å². The average molecular weight is 488 g/mol. The van der Waals surface area contributed by atoms with Crippen molar-refractivity contribution >= 4 is 52.3 Å². The van der Waals surface area contributed by atoms with Crippen LogP contribution in [0.15, 0.2) is 42.5 Å². The Labute approximate surface area is 191 Å². The molecule has 32 heavy (non-hydrogen) atoms. The third kappa shape index (κ3) is 5.34. The molecular weight excluding hydrogens is 470 g/mol. The van der Waals surface area contributed by atoms with Gasteiger partial charge in [-0.1, -0.05) is 35.3 Å². The summed E-state index contributed by atoms with van der Waals surface area (Å²) in [5, 5.41) is 3.01. The van der Waals surface area contributed by atoms with Crippen LogP contribution in [0.25, 0.3) is 0 Å². The minimum atomic E-state index is -4.55. The quantitative estimate of drug-likeness (QED) is 0.676. The highest BCUT2D eigenvalue weighted by molar-refractivity contribution is 6.39. The molecule has 0 aromatic heterocycles. The van der Waals surface area contributed by atoms with Crippen molar-refractivity contribution in [3.05, 3.63) is 58.1 Å². The van der Waals surface area contributed by atoms with Crippen molar-refractivity contribution in [2.24, 2.45) is 5.92 Å². The molecule has 2 aromatic rings. The van der Waals surface area contributed by atoms with Crippen LogP contribution in [0, 0.1) is 5.92 Å². The van der Waals surface area contributed by atoms with Gasteiger partial charge in [0.1, 0.15) is 0 Å². The highest BCUT2D eigenvalue weighted by atomic mass is 35.5. The number of nitrogens with one attached hydrogen (secondary N) is 1. The second-order valence-corrected chi connectivity index (χ2v) is 8.11. The Morgan fingerprint density at radius 2 is 1.78 bits per heavy atom. The number of hydrogen-bond donors (Lipinski definition) is 1. The fourth-order valence-corrected chi connectivity index (χ4v) is 3.87. The SMILES string of the molecule is CN(CC(=O)Nc1c(Cl)cccc1Cl)C(=O)C1CC(=O)N(c2cccc(C(F)(F)F)c2)C1. The molecule has 2 aromatic carbocycles. The molecule has 11 heteroatoms. The fraction of sp³-hybridized carbons (Fsp3) is 0.286. The van der Waals surface area contributed by atoms with Gasteiger partial charge >= 0.3 is 6.18 Å². The van der Waals surface area contributed by atoms with Crippen molar-refractivity contribution in [1.82, 2.24) is 4.90 Å². The maximum atomic E-state index is 13.0. The van der Waals surface area contributed by atoms with Crippen LogP contribution in [0.2, 0.25) is 10.0 Å². The molecule has 1 N–H and O–H groups in total. The molecule has 3 amide bonds. The topological polar surface area (TPSA) is 69.7 Å². The van der Waals surface area contributed by atoms with E-state index in [1.54, 1.807) is 18.2 Å². The number of anilines is 2. The predicted molar refractivity (Wildman–Crippen MR) is 115 cm³/mol. The van der Waals surface area contributed by atoms with E-state index in [1.165, 1.54) is 19.2 Å². The lowest BCUT2D eigenvalue weighted by atomic mass is 10.1. The second-order valence-electron chi connectivity index (χ2n) is 7.29. The summed E-state index contributed by atoms with van der Waals surface area (Å²) in [5.41, 5.74) is -0.605. The van der Waals surface area contributed by atoms with Crippen LogP contribution in [0.1, 0.15) is 12.0 Å². The first-order valence-electron chi connectivity index (χ1n) is 9.44. The molecule has 1 fully saturated rings. The number of carbonyl (C=O) groups is 3. The average Bonchev–Trinajstić information content (AvgIpc) is 3.11. The summed E-state index contributed by atoms with van der Waals surface area (Å²) in [5.74, 6) is -2.29. The first-order valence-corrected chi connectivity index (χ1v) is 10.2. The first-order chi connectivity index (χ1) is 15.0. The predicted octanol–water partition coefficient (Wildman–Crippen LogP) is 4.46. The molecule has 1 unspecified atom stereocenters. The molecule has 1 saturated heterocycles. The summed E-state index contributed by atoms with van der Waals surface area (Å²) < 4.78 is 38.9. The number of benzene rings is 2. The second kappa shape index (κ2) is 9.38. The first kappa shape index (κ1) is 23.9. The normalized spacial score (nSPS) is 16.2. The lowest BCUT2D eigenvalue weighted by Gasteiger charge is -2.22. The number of rotatable bonds is 5. The summed E-state index contributed by atoms with van der Waals surface area (Å²) in [6, 6.07) is 9.07. The van der Waals surface area contributed by atoms with Gasteiger partial charge in [0.05, 0.1) is 33.8 Å².